The fourth-order valence-corrected chi connectivity index (χ4v) is 5.48. The minimum atomic E-state index is -0.870. The molecule has 0 fully saturated rings. The number of pyridine rings is 1. The molecule has 3 heterocycles. The van der Waals surface area contributed by atoms with Crippen molar-refractivity contribution in [2.24, 2.45) is 5.92 Å². The molecule has 5 rings (SSSR count). The van der Waals surface area contributed by atoms with Gasteiger partial charge in [0, 0.05) is 31.0 Å². The number of anilines is 1. The zero-order chi connectivity index (χ0) is 32.6. The van der Waals surface area contributed by atoms with Crippen molar-refractivity contribution in [3.63, 3.8) is 0 Å². The normalized spacial score (nSPS) is 19.5. The van der Waals surface area contributed by atoms with Crippen LogP contribution in [0.15, 0.2) is 67.0 Å². The highest BCUT2D eigenvalue weighted by Gasteiger charge is 2.30. The Morgan fingerprint density at radius 3 is 2.59 bits per heavy atom. The third-order valence-electron chi connectivity index (χ3n) is 7.85. The summed E-state index contributed by atoms with van der Waals surface area (Å²) < 4.78 is 5.52. The molecule has 0 spiro atoms. The maximum absolute atomic E-state index is 14.0. The second kappa shape index (κ2) is 14.7. The predicted molar refractivity (Wildman–Crippen MR) is 170 cm³/mol. The van der Waals surface area contributed by atoms with E-state index in [-0.39, 0.29) is 43.0 Å². The molecule has 2 aliphatic heterocycles. The lowest BCUT2D eigenvalue weighted by Crippen LogP contribution is -2.55. The van der Waals surface area contributed by atoms with Gasteiger partial charge >= 0.3 is 0 Å². The molecule has 0 unspecified atom stereocenters. The van der Waals surface area contributed by atoms with Gasteiger partial charge in [0.1, 0.15) is 11.8 Å². The molecule has 4 N–H and O–H groups in total. The Bertz CT molecular complexity index is 1610. The summed E-state index contributed by atoms with van der Waals surface area (Å²) in [7, 11) is 0. The highest BCUT2D eigenvalue weighted by molar-refractivity contribution is 6.00. The van der Waals surface area contributed by atoms with E-state index in [9.17, 15) is 24.0 Å². The molecule has 12 heteroatoms. The van der Waals surface area contributed by atoms with Gasteiger partial charge in [0.2, 0.25) is 11.8 Å². The van der Waals surface area contributed by atoms with Crippen LogP contribution in [0.4, 0.5) is 5.69 Å². The molecule has 1 aromatic heterocycles. The highest BCUT2D eigenvalue weighted by Crippen LogP contribution is 2.29. The summed E-state index contributed by atoms with van der Waals surface area (Å²) in [6.45, 7) is 3.61. The van der Waals surface area contributed by atoms with Gasteiger partial charge in [-0.1, -0.05) is 44.2 Å². The average molecular weight is 627 g/mol. The van der Waals surface area contributed by atoms with Crippen LogP contribution in [0.1, 0.15) is 52.1 Å². The van der Waals surface area contributed by atoms with Crippen molar-refractivity contribution in [2.45, 2.75) is 45.2 Å². The maximum atomic E-state index is 14.0. The SMILES string of the molecule is CC(C)[C@H]1NC(=O)c2cncc(c2)CCCNC(=O)CN(C(=O)c2ccc3c(c2)OCC(=O)N3)C[C@@H](Cc2ccccc2)NC1=O. The quantitative estimate of drug-likeness (QED) is 0.345. The molecular formula is C34H38N6O6. The number of ether oxygens (including phenoxy) is 1. The van der Waals surface area contributed by atoms with E-state index in [0.717, 1.165) is 11.1 Å². The Morgan fingerprint density at radius 1 is 1.00 bits per heavy atom. The molecule has 12 nitrogen and oxygen atoms in total. The van der Waals surface area contributed by atoms with Gasteiger partial charge in [0.15, 0.2) is 6.61 Å². The standard InChI is InChI=1S/C34H38N6O6/c1-21(2)31-33(44)37-26(14-22-7-4-3-5-8-22)18-40(34(45)24-10-11-27-28(15-24)46-20-30(42)38-27)19-29(41)36-12-6-9-23-13-25(17-35-16-23)32(43)39-31/h3-5,7-8,10-11,13,15-17,21,26,31H,6,9,12,14,18-20H2,1-2H3,(H,36,41)(H,37,44)(H,38,42)(H,39,43)/t26-,31-/m1/s1. The van der Waals surface area contributed by atoms with Crippen LogP contribution in [-0.2, 0) is 27.2 Å². The molecule has 2 aromatic carbocycles. The van der Waals surface area contributed by atoms with Gasteiger partial charge in [0.25, 0.3) is 17.7 Å². The first-order valence-electron chi connectivity index (χ1n) is 15.4. The Morgan fingerprint density at radius 2 is 1.80 bits per heavy atom. The summed E-state index contributed by atoms with van der Waals surface area (Å²) in [5.74, 6) is -1.82. The van der Waals surface area contributed by atoms with Crippen LogP contribution in [0.25, 0.3) is 0 Å². The summed E-state index contributed by atoms with van der Waals surface area (Å²) in [5, 5.41) is 11.5. The number of aromatic nitrogens is 1. The smallest absolute Gasteiger partial charge is 0.262 e. The molecule has 2 atom stereocenters. The lowest BCUT2D eigenvalue weighted by atomic mass is 10.00. The molecular weight excluding hydrogens is 588 g/mol. The monoisotopic (exact) mass is 626 g/mol. The fraction of sp³-hybridized carbons (Fsp3) is 0.353. The molecule has 2 aliphatic rings. The first-order chi connectivity index (χ1) is 22.2. The van der Waals surface area contributed by atoms with E-state index in [1.165, 1.54) is 17.2 Å². The number of nitrogens with one attached hydrogen (secondary N) is 4. The minimum Gasteiger partial charge on any atom is -0.482 e. The van der Waals surface area contributed by atoms with Gasteiger partial charge in [-0.25, -0.2) is 0 Å². The van der Waals surface area contributed by atoms with Crippen molar-refractivity contribution < 1.29 is 28.7 Å². The van der Waals surface area contributed by atoms with Crippen LogP contribution >= 0.6 is 0 Å². The third kappa shape index (κ3) is 8.26. The second-order valence-corrected chi connectivity index (χ2v) is 11.9. The maximum Gasteiger partial charge on any atom is 0.262 e. The van der Waals surface area contributed by atoms with Gasteiger partial charge in [-0.05, 0) is 60.6 Å². The summed E-state index contributed by atoms with van der Waals surface area (Å²) in [6, 6.07) is 14.4. The number of hydrogen-bond donors (Lipinski definition) is 4. The number of nitrogens with zero attached hydrogens (tertiary/aromatic N) is 2. The van der Waals surface area contributed by atoms with Crippen LogP contribution in [0.5, 0.6) is 5.75 Å². The number of aryl methyl sites for hydroxylation is 1. The molecule has 5 amide bonds. The predicted octanol–water partition coefficient (Wildman–Crippen LogP) is 2.10. The van der Waals surface area contributed by atoms with E-state index in [1.54, 1.807) is 24.4 Å². The number of hydrogen-bond acceptors (Lipinski definition) is 7. The second-order valence-electron chi connectivity index (χ2n) is 11.9. The van der Waals surface area contributed by atoms with Crippen LogP contribution in [0.2, 0.25) is 0 Å². The van der Waals surface area contributed by atoms with Gasteiger partial charge in [-0.3, -0.25) is 29.0 Å². The third-order valence-corrected chi connectivity index (χ3v) is 7.85. The Kier molecular flexibility index (Phi) is 10.3. The molecule has 240 valence electrons. The van der Waals surface area contributed by atoms with Crippen LogP contribution in [0, 0.1) is 5.92 Å². The molecule has 46 heavy (non-hydrogen) atoms. The lowest BCUT2D eigenvalue weighted by Gasteiger charge is -2.30. The molecule has 2 bridgehead atoms. The summed E-state index contributed by atoms with van der Waals surface area (Å²) in [5.41, 5.74) is 2.79. The zero-order valence-corrected chi connectivity index (χ0v) is 25.9. The summed E-state index contributed by atoms with van der Waals surface area (Å²) in [4.78, 5) is 71.6. The minimum absolute atomic E-state index is 0.00498. The highest BCUT2D eigenvalue weighted by atomic mass is 16.5. The number of rotatable bonds is 4. The number of fused-ring (bicyclic) bond motifs is 3. The largest absolute Gasteiger partial charge is 0.482 e. The molecule has 0 radical (unpaired) electrons. The van der Waals surface area contributed by atoms with Crippen molar-refractivity contribution in [3.8, 4) is 5.75 Å². The van der Waals surface area contributed by atoms with E-state index in [2.05, 4.69) is 26.3 Å². The van der Waals surface area contributed by atoms with Gasteiger partial charge in [-0.2, -0.15) is 0 Å². The molecule has 0 saturated heterocycles. The first-order valence-corrected chi connectivity index (χ1v) is 15.4. The fourth-order valence-electron chi connectivity index (χ4n) is 5.48. The van der Waals surface area contributed by atoms with Crippen molar-refractivity contribution in [1.82, 2.24) is 25.8 Å². The van der Waals surface area contributed by atoms with Crippen molar-refractivity contribution >= 4 is 35.2 Å². The van der Waals surface area contributed by atoms with Gasteiger partial charge < -0.3 is 30.9 Å². The Labute approximate surface area is 267 Å². The van der Waals surface area contributed by atoms with E-state index < -0.39 is 29.8 Å². The van der Waals surface area contributed by atoms with E-state index in [1.807, 2.05) is 44.2 Å². The first kappa shape index (κ1) is 32.1. The van der Waals surface area contributed by atoms with Crippen molar-refractivity contribution in [2.75, 3.05) is 31.6 Å². The van der Waals surface area contributed by atoms with Crippen LogP contribution in [0.3, 0.4) is 0 Å². The van der Waals surface area contributed by atoms with E-state index in [0.29, 0.717) is 42.8 Å². The van der Waals surface area contributed by atoms with Crippen LogP contribution < -0.4 is 26.0 Å². The summed E-state index contributed by atoms with van der Waals surface area (Å²) in [6.07, 6.45) is 4.65. The Balaban J connectivity index is 1.47. The number of carbonyl (C=O) groups excluding carboxylic acids is 5. The van der Waals surface area contributed by atoms with E-state index >= 15 is 0 Å². The molecule has 3 aromatic rings. The van der Waals surface area contributed by atoms with Crippen molar-refractivity contribution in [3.05, 3.63) is 89.2 Å². The van der Waals surface area contributed by atoms with Crippen LogP contribution in [-0.4, -0.2) is 77.7 Å². The average Bonchev–Trinajstić information content (AvgIpc) is 3.04. The molecule has 0 saturated carbocycles. The number of carbonyl (C=O) groups is 5. The number of benzene rings is 2. The van der Waals surface area contributed by atoms with Gasteiger partial charge in [-0.15, -0.1) is 0 Å². The lowest BCUT2D eigenvalue weighted by molar-refractivity contribution is -0.124. The van der Waals surface area contributed by atoms with Crippen molar-refractivity contribution in [1.29, 1.82) is 0 Å². The Hall–Kier alpha value is -5.26. The zero-order valence-electron chi connectivity index (χ0n) is 25.9. The topological polar surface area (TPSA) is 159 Å². The van der Waals surface area contributed by atoms with Gasteiger partial charge in [0.05, 0.1) is 23.8 Å². The number of amides is 5. The summed E-state index contributed by atoms with van der Waals surface area (Å²) >= 11 is 0. The van der Waals surface area contributed by atoms with E-state index in [4.69, 9.17) is 4.74 Å². The molecule has 0 aliphatic carbocycles.